The molecule has 102 valence electrons. The van der Waals surface area contributed by atoms with E-state index in [2.05, 4.69) is 5.32 Å². The third-order valence-electron chi connectivity index (χ3n) is 3.63. The van der Waals surface area contributed by atoms with Crippen molar-refractivity contribution in [2.45, 2.75) is 19.4 Å². The highest BCUT2D eigenvalue weighted by Gasteiger charge is 2.33. The molecule has 1 aliphatic rings. The summed E-state index contributed by atoms with van der Waals surface area (Å²) < 4.78 is 0. The quantitative estimate of drug-likeness (QED) is 0.848. The molecule has 2 unspecified atom stereocenters. The van der Waals surface area contributed by atoms with Crippen LogP contribution in [-0.2, 0) is 16.0 Å². The molecule has 1 amide bonds. The Morgan fingerprint density at radius 2 is 2.11 bits per heavy atom. The summed E-state index contributed by atoms with van der Waals surface area (Å²) in [5.41, 5.74) is 1.94. The highest BCUT2D eigenvalue weighted by Crippen LogP contribution is 2.31. The van der Waals surface area contributed by atoms with E-state index >= 15 is 0 Å². The van der Waals surface area contributed by atoms with Crippen LogP contribution in [-0.4, -0.2) is 36.6 Å². The number of para-hydroxylation sites is 1. The predicted molar refractivity (Wildman–Crippen MR) is 72.1 cm³/mol. The van der Waals surface area contributed by atoms with Crippen molar-refractivity contribution < 1.29 is 14.7 Å². The van der Waals surface area contributed by atoms with Crippen LogP contribution in [0.4, 0.5) is 5.69 Å². The number of hydrogen-bond acceptors (Lipinski definition) is 3. The van der Waals surface area contributed by atoms with Crippen molar-refractivity contribution >= 4 is 17.6 Å². The zero-order chi connectivity index (χ0) is 14.0. The Bertz CT molecular complexity index is 501. The molecule has 1 aliphatic heterocycles. The Morgan fingerprint density at radius 1 is 1.42 bits per heavy atom. The van der Waals surface area contributed by atoms with Crippen LogP contribution in [0.3, 0.4) is 0 Å². The number of amides is 1. The summed E-state index contributed by atoms with van der Waals surface area (Å²) in [4.78, 5) is 24.9. The molecule has 0 aliphatic carbocycles. The monoisotopic (exact) mass is 262 g/mol. The van der Waals surface area contributed by atoms with Gasteiger partial charge in [0, 0.05) is 19.3 Å². The number of aliphatic carboxylic acids is 1. The number of likely N-dealkylation sites (N-methyl/N-ethyl adjacent to an activating group) is 1. The predicted octanol–water partition coefficient (Wildman–Crippen LogP) is 0.884. The van der Waals surface area contributed by atoms with Gasteiger partial charge in [0.05, 0.1) is 5.92 Å². The highest BCUT2D eigenvalue weighted by molar-refractivity contribution is 5.86. The summed E-state index contributed by atoms with van der Waals surface area (Å²) in [6, 6.07) is 7.28. The largest absolute Gasteiger partial charge is 0.481 e. The van der Waals surface area contributed by atoms with E-state index < -0.39 is 11.9 Å². The van der Waals surface area contributed by atoms with E-state index in [-0.39, 0.29) is 11.9 Å². The van der Waals surface area contributed by atoms with Crippen LogP contribution in [0.15, 0.2) is 24.3 Å². The number of carboxylic acid groups (broad SMARTS) is 1. The van der Waals surface area contributed by atoms with Crippen LogP contribution in [0.1, 0.15) is 12.5 Å². The second-order valence-electron chi connectivity index (χ2n) is 4.81. The van der Waals surface area contributed by atoms with E-state index in [9.17, 15) is 14.7 Å². The van der Waals surface area contributed by atoms with Gasteiger partial charge in [-0.05, 0) is 25.0 Å². The van der Waals surface area contributed by atoms with Crippen LogP contribution in [0.25, 0.3) is 0 Å². The van der Waals surface area contributed by atoms with E-state index in [0.717, 1.165) is 11.3 Å². The van der Waals surface area contributed by atoms with Crippen molar-refractivity contribution in [3.05, 3.63) is 29.8 Å². The zero-order valence-corrected chi connectivity index (χ0v) is 11.1. The molecule has 1 aromatic carbocycles. The van der Waals surface area contributed by atoms with Gasteiger partial charge in [0.15, 0.2) is 0 Å². The molecule has 0 bridgehead atoms. The minimum Gasteiger partial charge on any atom is -0.481 e. The first-order valence-corrected chi connectivity index (χ1v) is 6.33. The molecule has 0 fully saturated rings. The first-order chi connectivity index (χ1) is 9.04. The second kappa shape index (κ2) is 5.30. The Balaban J connectivity index is 2.36. The number of carbonyl (C=O) groups is 2. The number of carboxylic acids is 1. The first kappa shape index (κ1) is 13.4. The Labute approximate surface area is 112 Å². The molecular formula is C14H18N2O3. The summed E-state index contributed by atoms with van der Waals surface area (Å²) in [5, 5.41) is 11.8. The van der Waals surface area contributed by atoms with Gasteiger partial charge in [0.2, 0.25) is 5.91 Å². The van der Waals surface area contributed by atoms with E-state index in [1.807, 2.05) is 29.2 Å². The number of nitrogens with zero attached hydrogens (tertiary/aromatic N) is 1. The van der Waals surface area contributed by atoms with Crippen LogP contribution in [0.5, 0.6) is 0 Å². The van der Waals surface area contributed by atoms with Gasteiger partial charge in [0.1, 0.15) is 6.04 Å². The summed E-state index contributed by atoms with van der Waals surface area (Å²) >= 11 is 0. The van der Waals surface area contributed by atoms with Crippen molar-refractivity contribution in [1.82, 2.24) is 5.32 Å². The Kier molecular flexibility index (Phi) is 3.74. The van der Waals surface area contributed by atoms with Crippen molar-refractivity contribution in [2.75, 3.05) is 18.5 Å². The van der Waals surface area contributed by atoms with Gasteiger partial charge in [-0.25, -0.2) is 0 Å². The van der Waals surface area contributed by atoms with Gasteiger partial charge in [-0.2, -0.15) is 0 Å². The number of rotatable bonds is 3. The number of hydrogen-bond donors (Lipinski definition) is 2. The molecule has 0 radical (unpaired) electrons. The van der Waals surface area contributed by atoms with E-state index in [4.69, 9.17) is 0 Å². The SMILES string of the molecule is CNC(=O)C(C)N1CC(C(=O)O)Cc2ccccc21. The van der Waals surface area contributed by atoms with Gasteiger partial charge in [-0.1, -0.05) is 18.2 Å². The minimum absolute atomic E-state index is 0.110. The van der Waals surface area contributed by atoms with Crippen LogP contribution < -0.4 is 10.2 Å². The fourth-order valence-electron chi connectivity index (χ4n) is 2.51. The lowest BCUT2D eigenvalue weighted by Gasteiger charge is -2.37. The summed E-state index contributed by atoms with van der Waals surface area (Å²) in [5.74, 6) is -1.40. The zero-order valence-electron chi connectivity index (χ0n) is 11.1. The van der Waals surface area contributed by atoms with Gasteiger partial charge in [-0.15, -0.1) is 0 Å². The van der Waals surface area contributed by atoms with Crippen LogP contribution >= 0.6 is 0 Å². The molecule has 0 saturated heterocycles. The number of anilines is 1. The van der Waals surface area contributed by atoms with Gasteiger partial charge < -0.3 is 15.3 Å². The summed E-state index contributed by atoms with van der Waals surface area (Å²) in [7, 11) is 1.59. The fraction of sp³-hybridized carbons (Fsp3) is 0.429. The van der Waals surface area contributed by atoms with Gasteiger partial charge in [0.25, 0.3) is 0 Å². The van der Waals surface area contributed by atoms with E-state index in [1.165, 1.54) is 0 Å². The molecule has 5 nitrogen and oxygen atoms in total. The van der Waals surface area contributed by atoms with Crippen molar-refractivity contribution in [3.8, 4) is 0 Å². The molecule has 19 heavy (non-hydrogen) atoms. The number of carbonyl (C=O) groups excluding carboxylic acids is 1. The number of benzene rings is 1. The Hall–Kier alpha value is -2.04. The van der Waals surface area contributed by atoms with Gasteiger partial charge >= 0.3 is 5.97 Å². The first-order valence-electron chi connectivity index (χ1n) is 6.33. The molecule has 2 atom stereocenters. The van der Waals surface area contributed by atoms with E-state index in [0.29, 0.717) is 13.0 Å². The third-order valence-corrected chi connectivity index (χ3v) is 3.63. The minimum atomic E-state index is -0.816. The van der Waals surface area contributed by atoms with Crippen molar-refractivity contribution in [1.29, 1.82) is 0 Å². The van der Waals surface area contributed by atoms with Crippen LogP contribution in [0.2, 0.25) is 0 Å². The third kappa shape index (κ3) is 2.54. The average molecular weight is 262 g/mol. The molecule has 0 saturated carbocycles. The van der Waals surface area contributed by atoms with Crippen molar-refractivity contribution in [2.24, 2.45) is 5.92 Å². The standard InChI is InChI=1S/C14H18N2O3/c1-9(13(17)15-2)16-8-11(14(18)19)7-10-5-3-4-6-12(10)16/h3-6,9,11H,7-8H2,1-2H3,(H,15,17)(H,18,19). The smallest absolute Gasteiger partial charge is 0.308 e. The fourth-order valence-corrected chi connectivity index (χ4v) is 2.51. The molecule has 2 rings (SSSR count). The number of fused-ring (bicyclic) bond motifs is 1. The molecule has 2 N–H and O–H groups in total. The lowest BCUT2D eigenvalue weighted by molar-refractivity contribution is -0.141. The molecule has 0 aromatic heterocycles. The maximum atomic E-state index is 11.8. The maximum Gasteiger partial charge on any atom is 0.308 e. The average Bonchev–Trinajstić information content (AvgIpc) is 2.44. The lowest BCUT2D eigenvalue weighted by Crippen LogP contribution is -2.49. The molecule has 0 spiro atoms. The molecule has 1 heterocycles. The summed E-state index contributed by atoms with van der Waals surface area (Å²) in [6.45, 7) is 2.15. The maximum absolute atomic E-state index is 11.8. The molecule has 1 aromatic rings. The normalized spacial score (nSPS) is 19.5. The second-order valence-corrected chi connectivity index (χ2v) is 4.81. The van der Waals surface area contributed by atoms with Crippen molar-refractivity contribution in [3.63, 3.8) is 0 Å². The van der Waals surface area contributed by atoms with Gasteiger partial charge in [-0.3, -0.25) is 9.59 Å². The topological polar surface area (TPSA) is 69.6 Å². The van der Waals surface area contributed by atoms with Crippen LogP contribution in [0, 0.1) is 5.92 Å². The van der Waals surface area contributed by atoms with E-state index in [1.54, 1.807) is 14.0 Å². The lowest BCUT2D eigenvalue weighted by atomic mass is 9.91. The molecular weight excluding hydrogens is 244 g/mol. The Morgan fingerprint density at radius 3 is 2.74 bits per heavy atom. The number of nitrogens with one attached hydrogen (secondary N) is 1. The molecule has 5 heteroatoms. The summed E-state index contributed by atoms with van der Waals surface area (Å²) in [6.07, 6.45) is 0.516. The highest BCUT2D eigenvalue weighted by atomic mass is 16.4.